The van der Waals surface area contributed by atoms with Crippen LogP contribution in [0.2, 0.25) is 0 Å². The molecule has 0 spiro atoms. The molecule has 4 nitrogen and oxygen atoms in total. The molecule has 0 aromatic carbocycles. The van der Waals surface area contributed by atoms with E-state index in [1.807, 2.05) is 13.8 Å². The van der Waals surface area contributed by atoms with Gasteiger partial charge in [-0.1, -0.05) is 13.8 Å². The van der Waals surface area contributed by atoms with Gasteiger partial charge in [0.15, 0.2) is 0 Å². The first-order chi connectivity index (χ1) is 7.45. The summed E-state index contributed by atoms with van der Waals surface area (Å²) >= 11 is 0. The van der Waals surface area contributed by atoms with Gasteiger partial charge in [-0.05, 0) is 20.3 Å². The smallest absolute Gasteiger partial charge is 0.307 e. The van der Waals surface area contributed by atoms with Gasteiger partial charge in [-0.2, -0.15) is 0 Å². The predicted molar refractivity (Wildman–Crippen MR) is 61.6 cm³/mol. The largest absolute Gasteiger partial charge is 0.481 e. The molecule has 1 heterocycles. The zero-order valence-electron chi connectivity index (χ0n) is 10.2. The van der Waals surface area contributed by atoms with Gasteiger partial charge in [0.05, 0.1) is 6.42 Å². The first-order valence-corrected chi connectivity index (χ1v) is 5.51. The molecule has 1 aromatic rings. The summed E-state index contributed by atoms with van der Waals surface area (Å²) in [4.78, 5) is 19.5. The molecule has 1 aromatic heterocycles. The Morgan fingerprint density at radius 1 is 1.31 bits per heavy atom. The Balaban J connectivity index is 3.12. The number of hydrogen-bond donors (Lipinski definition) is 1. The third-order valence-corrected chi connectivity index (χ3v) is 2.82. The van der Waals surface area contributed by atoms with Crippen molar-refractivity contribution in [1.29, 1.82) is 0 Å². The number of aliphatic carboxylic acids is 1. The standard InChI is InChI=1S/C12H18N2O2/c1-5-7(2)12-13-8(3)10(6-11(15)16)9(4)14-12/h7H,5-6H2,1-4H3,(H,15,16). The molecule has 1 atom stereocenters. The van der Waals surface area contributed by atoms with Crippen LogP contribution in [0.4, 0.5) is 0 Å². The van der Waals surface area contributed by atoms with E-state index in [2.05, 4.69) is 23.8 Å². The molecule has 0 saturated heterocycles. The highest BCUT2D eigenvalue weighted by Gasteiger charge is 2.14. The molecule has 4 heteroatoms. The van der Waals surface area contributed by atoms with E-state index in [4.69, 9.17) is 5.11 Å². The average molecular weight is 222 g/mol. The molecule has 0 aliphatic rings. The fourth-order valence-electron chi connectivity index (χ4n) is 1.58. The lowest BCUT2D eigenvalue weighted by Crippen LogP contribution is -2.11. The Hall–Kier alpha value is -1.45. The van der Waals surface area contributed by atoms with Crippen LogP contribution >= 0.6 is 0 Å². The molecule has 1 N–H and O–H groups in total. The summed E-state index contributed by atoms with van der Waals surface area (Å²) in [5, 5.41) is 8.78. The van der Waals surface area contributed by atoms with Crippen molar-refractivity contribution in [3.05, 3.63) is 22.8 Å². The second-order valence-electron chi connectivity index (χ2n) is 4.11. The Bertz CT molecular complexity index is 379. The summed E-state index contributed by atoms with van der Waals surface area (Å²) in [7, 11) is 0. The number of hydrogen-bond acceptors (Lipinski definition) is 3. The fraction of sp³-hybridized carbons (Fsp3) is 0.583. The normalized spacial score (nSPS) is 12.5. The highest BCUT2D eigenvalue weighted by Crippen LogP contribution is 2.18. The second-order valence-corrected chi connectivity index (χ2v) is 4.11. The lowest BCUT2D eigenvalue weighted by atomic mass is 10.1. The molecule has 16 heavy (non-hydrogen) atoms. The molecular formula is C12H18N2O2. The van der Waals surface area contributed by atoms with Crippen LogP contribution in [0.3, 0.4) is 0 Å². The summed E-state index contributed by atoms with van der Waals surface area (Å²) in [5.41, 5.74) is 2.30. The molecule has 0 radical (unpaired) electrons. The van der Waals surface area contributed by atoms with E-state index < -0.39 is 5.97 Å². The van der Waals surface area contributed by atoms with E-state index in [1.54, 1.807) is 0 Å². The van der Waals surface area contributed by atoms with Crippen LogP contribution in [-0.2, 0) is 11.2 Å². The van der Waals surface area contributed by atoms with Crippen LogP contribution in [0.15, 0.2) is 0 Å². The van der Waals surface area contributed by atoms with Crippen LogP contribution in [0.25, 0.3) is 0 Å². The van der Waals surface area contributed by atoms with Gasteiger partial charge in [0.2, 0.25) is 0 Å². The van der Waals surface area contributed by atoms with Crippen LogP contribution in [-0.4, -0.2) is 21.0 Å². The van der Waals surface area contributed by atoms with Gasteiger partial charge in [-0.25, -0.2) is 9.97 Å². The number of carbonyl (C=O) groups is 1. The molecular weight excluding hydrogens is 204 g/mol. The summed E-state index contributed by atoms with van der Waals surface area (Å²) in [6.45, 7) is 7.85. The molecule has 0 bridgehead atoms. The molecule has 1 unspecified atom stereocenters. The number of nitrogens with zero attached hydrogens (tertiary/aromatic N) is 2. The van der Waals surface area contributed by atoms with Gasteiger partial charge >= 0.3 is 5.97 Å². The Morgan fingerprint density at radius 3 is 2.19 bits per heavy atom. The summed E-state index contributed by atoms with van der Waals surface area (Å²) in [5.74, 6) is 0.286. The van der Waals surface area contributed by atoms with Crippen LogP contribution in [0.1, 0.15) is 49.0 Å². The minimum Gasteiger partial charge on any atom is -0.481 e. The van der Waals surface area contributed by atoms with E-state index in [0.29, 0.717) is 5.92 Å². The third-order valence-electron chi connectivity index (χ3n) is 2.82. The van der Waals surface area contributed by atoms with Crippen LogP contribution < -0.4 is 0 Å². The number of aryl methyl sites for hydroxylation is 2. The van der Waals surface area contributed by atoms with Gasteiger partial charge < -0.3 is 5.11 Å². The topological polar surface area (TPSA) is 63.1 Å². The number of carboxylic acids is 1. The number of aromatic nitrogens is 2. The average Bonchev–Trinajstić information content (AvgIpc) is 2.21. The lowest BCUT2D eigenvalue weighted by molar-refractivity contribution is -0.136. The number of carboxylic acid groups (broad SMARTS) is 1. The van der Waals surface area contributed by atoms with Crippen molar-refractivity contribution in [2.75, 3.05) is 0 Å². The summed E-state index contributed by atoms with van der Waals surface area (Å²) in [6, 6.07) is 0. The highest BCUT2D eigenvalue weighted by molar-refractivity contribution is 5.70. The van der Waals surface area contributed by atoms with Crippen molar-refractivity contribution in [2.24, 2.45) is 0 Å². The molecule has 0 aliphatic carbocycles. The number of rotatable bonds is 4. The van der Waals surface area contributed by atoms with Crippen LogP contribution in [0, 0.1) is 13.8 Å². The van der Waals surface area contributed by atoms with Gasteiger partial charge in [0, 0.05) is 22.9 Å². The van der Waals surface area contributed by atoms with Gasteiger partial charge in [-0.15, -0.1) is 0 Å². The van der Waals surface area contributed by atoms with Crippen molar-refractivity contribution in [1.82, 2.24) is 9.97 Å². The van der Waals surface area contributed by atoms with E-state index in [0.717, 1.165) is 29.2 Å². The summed E-state index contributed by atoms with van der Waals surface area (Å²) in [6.07, 6.45) is 0.982. The van der Waals surface area contributed by atoms with Gasteiger partial charge in [0.25, 0.3) is 0 Å². The first-order valence-electron chi connectivity index (χ1n) is 5.51. The molecule has 0 saturated carbocycles. The predicted octanol–water partition coefficient (Wildman–Crippen LogP) is 2.23. The quantitative estimate of drug-likeness (QED) is 0.848. The molecule has 0 amide bonds. The maximum Gasteiger partial charge on any atom is 0.307 e. The zero-order valence-corrected chi connectivity index (χ0v) is 10.2. The van der Waals surface area contributed by atoms with Crippen molar-refractivity contribution >= 4 is 5.97 Å². The maximum absolute atomic E-state index is 10.7. The van der Waals surface area contributed by atoms with E-state index >= 15 is 0 Å². The minimum absolute atomic E-state index is 0.00154. The van der Waals surface area contributed by atoms with E-state index in [9.17, 15) is 4.79 Å². The lowest BCUT2D eigenvalue weighted by Gasteiger charge is -2.12. The van der Waals surface area contributed by atoms with E-state index in [1.165, 1.54) is 0 Å². The highest BCUT2D eigenvalue weighted by atomic mass is 16.4. The first kappa shape index (κ1) is 12.6. The Kier molecular flexibility index (Phi) is 3.99. The van der Waals surface area contributed by atoms with Crippen molar-refractivity contribution in [3.63, 3.8) is 0 Å². The van der Waals surface area contributed by atoms with Crippen LogP contribution in [0.5, 0.6) is 0 Å². The van der Waals surface area contributed by atoms with Crippen molar-refractivity contribution in [2.45, 2.75) is 46.5 Å². The molecule has 0 aliphatic heterocycles. The van der Waals surface area contributed by atoms with E-state index in [-0.39, 0.29) is 6.42 Å². The third kappa shape index (κ3) is 2.78. The monoisotopic (exact) mass is 222 g/mol. The Labute approximate surface area is 95.7 Å². The zero-order chi connectivity index (χ0) is 12.3. The molecule has 0 fully saturated rings. The van der Waals surface area contributed by atoms with Crippen molar-refractivity contribution in [3.8, 4) is 0 Å². The fourth-order valence-corrected chi connectivity index (χ4v) is 1.58. The maximum atomic E-state index is 10.7. The summed E-state index contributed by atoms with van der Waals surface area (Å²) < 4.78 is 0. The second kappa shape index (κ2) is 5.05. The molecule has 88 valence electrons. The minimum atomic E-state index is -0.842. The molecule has 1 rings (SSSR count). The van der Waals surface area contributed by atoms with Gasteiger partial charge in [0.1, 0.15) is 5.82 Å². The van der Waals surface area contributed by atoms with Gasteiger partial charge in [-0.3, -0.25) is 4.79 Å². The van der Waals surface area contributed by atoms with Crippen molar-refractivity contribution < 1.29 is 9.90 Å². The SMILES string of the molecule is CCC(C)c1nc(C)c(CC(=O)O)c(C)n1. The Morgan fingerprint density at radius 2 is 1.81 bits per heavy atom.